The average molecular weight is 356 g/mol. The second kappa shape index (κ2) is 6.50. The number of hydrogen-bond donors (Lipinski definition) is 2. The average Bonchev–Trinajstić information content (AvgIpc) is 2.77. The highest BCUT2D eigenvalue weighted by Crippen LogP contribution is 2.36. The van der Waals surface area contributed by atoms with Crippen LogP contribution in [0, 0.1) is 0 Å². The number of hydrogen-bond acceptors (Lipinski definition) is 7. The third-order valence-corrected chi connectivity index (χ3v) is 3.94. The molecule has 0 saturated carbocycles. The van der Waals surface area contributed by atoms with Crippen LogP contribution >= 0.6 is 11.6 Å². The minimum absolute atomic E-state index is 0.267. The van der Waals surface area contributed by atoms with Gasteiger partial charge in [-0.3, -0.25) is 9.69 Å². The summed E-state index contributed by atoms with van der Waals surface area (Å²) in [4.78, 5) is 36.8. The topological polar surface area (TPSA) is 113 Å². The van der Waals surface area contributed by atoms with E-state index in [9.17, 15) is 24.6 Å². The molecule has 2 N–H and O–H groups in total. The van der Waals surface area contributed by atoms with Gasteiger partial charge >= 0.3 is 11.9 Å². The predicted molar refractivity (Wildman–Crippen MR) is 80.6 cm³/mol. The number of aliphatic hydroxyl groups is 2. The fourth-order valence-electron chi connectivity index (χ4n) is 2.36. The first-order chi connectivity index (χ1) is 11.3. The molecule has 0 aliphatic carbocycles. The summed E-state index contributed by atoms with van der Waals surface area (Å²) in [5.74, 6) is -4.80. The van der Waals surface area contributed by atoms with E-state index >= 15 is 0 Å². The molecule has 24 heavy (non-hydrogen) atoms. The number of ether oxygens (including phenoxy) is 2. The van der Waals surface area contributed by atoms with Crippen LogP contribution in [0.2, 0.25) is 5.02 Å². The van der Waals surface area contributed by atoms with Crippen molar-refractivity contribution in [3.63, 3.8) is 0 Å². The minimum atomic E-state index is -2.83. The van der Waals surface area contributed by atoms with Crippen LogP contribution in [0.15, 0.2) is 35.6 Å². The zero-order valence-corrected chi connectivity index (χ0v) is 13.5. The van der Waals surface area contributed by atoms with Crippen LogP contribution in [0.5, 0.6) is 0 Å². The number of methoxy groups -OCH3 is 2. The molecule has 8 nitrogen and oxygen atoms in total. The molecule has 0 spiro atoms. The van der Waals surface area contributed by atoms with Gasteiger partial charge in [-0.15, -0.1) is 0 Å². The Labute approximate surface area is 141 Å². The van der Waals surface area contributed by atoms with Crippen molar-refractivity contribution >= 4 is 29.4 Å². The number of amides is 1. The van der Waals surface area contributed by atoms with Crippen LogP contribution in [0.3, 0.4) is 0 Å². The van der Waals surface area contributed by atoms with Gasteiger partial charge in [0.15, 0.2) is 5.76 Å². The third-order valence-electron chi connectivity index (χ3n) is 3.57. The van der Waals surface area contributed by atoms with Gasteiger partial charge < -0.3 is 19.7 Å². The highest BCUT2D eigenvalue weighted by atomic mass is 35.5. The van der Waals surface area contributed by atoms with Gasteiger partial charge in [0.05, 0.1) is 20.8 Å². The van der Waals surface area contributed by atoms with E-state index in [0.29, 0.717) is 10.5 Å². The Kier molecular flexibility index (Phi) is 4.81. The lowest BCUT2D eigenvalue weighted by Gasteiger charge is -2.32. The van der Waals surface area contributed by atoms with Crippen molar-refractivity contribution in [1.29, 1.82) is 0 Å². The Morgan fingerprint density at radius 2 is 1.88 bits per heavy atom. The van der Waals surface area contributed by atoms with Crippen LogP contribution in [0.4, 0.5) is 0 Å². The Morgan fingerprint density at radius 3 is 2.42 bits per heavy atom. The predicted octanol–water partition coefficient (Wildman–Crippen LogP) is 0.529. The molecule has 0 bridgehead atoms. The minimum Gasteiger partial charge on any atom is -0.503 e. The number of nitrogens with zero attached hydrogens (tertiary/aromatic N) is 1. The van der Waals surface area contributed by atoms with Gasteiger partial charge in [0.1, 0.15) is 5.57 Å². The number of aliphatic hydroxyl groups excluding tert-OH is 1. The van der Waals surface area contributed by atoms with Crippen LogP contribution in [0.25, 0.3) is 0 Å². The van der Waals surface area contributed by atoms with E-state index in [-0.39, 0.29) is 11.6 Å². The van der Waals surface area contributed by atoms with E-state index in [1.165, 1.54) is 0 Å². The zero-order chi connectivity index (χ0) is 18.1. The van der Waals surface area contributed by atoms with Crippen molar-refractivity contribution in [3.8, 4) is 0 Å². The first-order valence-electron chi connectivity index (χ1n) is 6.67. The molecule has 2 rings (SSSR count). The summed E-state index contributed by atoms with van der Waals surface area (Å²) in [6, 6.07) is 6.39. The molecule has 1 atom stereocenters. The molecule has 0 fully saturated rings. The number of esters is 2. The number of carbonyl (C=O) groups excluding carboxylic acids is 3. The monoisotopic (exact) mass is 355 g/mol. The molecule has 1 aliphatic rings. The number of carbonyl (C=O) groups is 3. The molecule has 1 unspecified atom stereocenters. The fraction of sp³-hybridized carbons (Fsp3) is 0.267. The molecule has 1 aliphatic heterocycles. The Hall–Kier alpha value is -2.58. The Bertz CT molecular complexity index is 745. The molecular formula is C15H14ClNO7. The maximum Gasteiger partial charge on any atom is 0.365 e. The standard InChI is InChI=1S/C15H14ClNO7/c1-23-13(20)10-11(18)12(19)17(15(10,22)14(21)24-2)7-8-5-3-4-6-9(8)16/h3-6,18,22H,7H2,1-2H3. The molecule has 1 amide bonds. The molecule has 9 heteroatoms. The van der Waals surface area contributed by atoms with Crippen molar-refractivity contribution in [2.75, 3.05) is 14.2 Å². The normalized spacial score (nSPS) is 20.3. The van der Waals surface area contributed by atoms with Crippen LogP contribution in [-0.2, 0) is 30.4 Å². The highest BCUT2D eigenvalue weighted by Gasteiger charge is 2.60. The summed E-state index contributed by atoms with van der Waals surface area (Å²) in [7, 11) is 1.93. The largest absolute Gasteiger partial charge is 0.503 e. The van der Waals surface area contributed by atoms with E-state index in [4.69, 9.17) is 11.6 Å². The van der Waals surface area contributed by atoms with Gasteiger partial charge in [-0.2, -0.15) is 0 Å². The van der Waals surface area contributed by atoms with Gasteiger partial charge in [0, 0.05) is 5.02 Å². The van der Waals surface area contributed by atoms with Crippen molar-refractivity contribution in [2.45, 2.75) is 12.3 Å². The molecule has 128 valence electrons. The molecule has 0 saturated heterocycles. The Morgan fingerprint density at radius 1 is 1.25 bits per heavy atom. The summed E-state index contributed by atoms with van der Waals surface area (Å²) in [6.45, 7) is -0.353. The SMILES string of the molecule is COC(=O)C1=C(O)C(=O)N(Cc2ccccc2Cl)C1(O)C(=O)OC. The summed E-state index contributed by atoms with van der Waals surface area (Å²) in [5, 5.41) is 21.0. The van der Waals surface area contributed by atoms with Crippen LogP contribution in [-0.4, -0.2) is 52.9 Å². The van der Waals surface area contributed by atoms with Gasteiger partial charge in [-0.1, -0.05) is 29.8 Å². The van der Waals surface area contributed by atoms with Crippen LogP contribution in [0.1, 0.15) is 5.56 Å². The summed E-state index contributed by atoms with van der Waals surface area (Å²) in [5.41, 5.74) is -3.36. The number of rotatable bonds is 4. The molecule has 0 radical (unpaired) electrons. The first kappa shape index (κ1) is 17.8. The van der Waals surface area contributed by atoms with Crippen molar-refractivity contribution < 1.29 is 34.1 Å². The maximum absolute atomic E-state index is 12.3. The second-order valence-electron chi connectivity index (χ2n) is 4.86. The lowest BCUT2D eigenvalue weighted by molar-refractivity contribution is -0.182. The Balaban J connectivity index is 2.55. The van der Waals surface area contributed by atoms with Gasteiger partial charge in [0.25, 0.3) is 11.6 Å². The number of benzene rings is 1. The van der Waals surface area contributed by atoms with Crippen molar-refractivity contribution in [2.24, 2.45) is 0 Å². The van der Waals surface area contributed by atoms with E-state index in [1.54, 1.807) is 24.3 Å². The summed E-state index contributed by atoms with van der Waals surface area (Å²) >= 11 is 6.02. The van der Waals surface area contributed by atoms with Crippen molar-refractivity contribution in [1.82, 2.24) is 4.90 Å². The molecule has 0 aromatic heterocycles. The van der Waals surface area contributed by atoms with E-state index in [0.717, 1.165) is 14.2 Å². The van der Waals surface area contributed by atoms with Gasteiger partial charge in [-0.05, 0) is 11.6 Å². The van der Waals surface area contributed by atoms with E-state index in [2.05, 4.69) is 9.47 Å². The lowest BCUT2D eigenvalue weighted by Crippen LogP contribution is -2.55. The maximum atomic E-state index is 12.3. The molecule has 1 aromatic rings. The quantitative estimate of drug-likeness (QED) is 0.757. The zero-order valence-electron chi connectivity index (χ0n) is 12.8. The lowest BCUT2D eigenvalue weighted by atomic mass is 10.0. The smallest absolute Gasteiger partial charge is 0.365 e. The second-order valence-corrected chi connectivity index (χ2v) is 5.27. The third kappa shape index (κ3) is 2.59. The summed E-state index contributed by atoms with van der Waals surface area (Å²) in [6.07, 6.45) is 0. The van der Waals surface area contributed by atoms with Gasteiger partial charge in [-0.25, -0.2) is 9.59 Å². The summed E-state index contributed by atoms with van der Waals surface area (Å²) < 4.78 is 8.92. The van der Waals surface area contributed by atoms with Crippen LogP contribution < -0.4 is 0 Å². The molecular weight excluding hydrogens is 342 g/mol. The van der Waals surface area contributed by atoms with E-state index in [1.807, 2.05) is 0 Å². The molecule has 1 aromatic carbocycles. The van der Waals surface area contributed by atoms with Gasteiger partial charge in [0.2, 0.25) is 0 Å². The number of halogens is 1. The highest BCUT2D eigenvalue weighted by molar-refractivity contribution is 6.31. The first-order valence-corrected chi connectivity index (χ1v) is 7.05. The van der Waals surface area contributed by atoms with E-state index < -0.39 is 34.9 Å². The van der Waals surface area contributed by atoms with Crippen molar-refractivity contribution in [3.05, 3.63) is 46.2 Å². The molecule has 1 heterocycles. The fourth-order valence-corrected chi connectivity index (χ4v) is 2.56.